The Bertz CT molecular complexity index is 326. The lowest BCUT2D eigenvalue weighted by molar-refractivity contribution is 0.257. The molecule has 0 saturated heterocycles. The normalized spacial score (nSPS) is 13.9. The summed E-state index contributed by atoms with van der Waals surface area (Å²) in [6.45, 7) is 8.21. The summed E-state index contributed by atoms with van der Waals surface area (Å²) in [6, 6.07) is 0. The van der Waals surface area contributed by atoms with Gasteiger partial charge < -0.3 is 9.80 Å². The topological polar surface area (TPSA) is 6.48 Å². The smallest absolute Gasteiger partial charge is 0.0893 e. The summed E-state index contributed by atoms with van der Waals surface area (Å²) in [4.78, 5) is 5.00. The van der Waals surface area contributed by atoms with Crippen molar-refractivity contribution in [1.29, 1.82) is 0 Å². The molecule has 1 heterocycles. The van der Waals surface area contributed by atoms with Crippen LogP contribution in [0.15, 0.2) is 12.4 Å². The summed E-state index contributed by atoms with van der Waals surface area (Å²) in [5.41, 5.74) is 0. The van der Waals surface area contributed by atoms with Gasteiger partial charge in [0.25, 0.3) is 0 Å². The lowest BCUT2D eigenvalue weighted by Gasteiger charge is -2.21. The standard InChI is InChI=1S/C25H50N2/c1-3-5-7-9-10-11-12-13-14-15-16-18-20-22-27-24-23-26(25-27)21-19-17-8-6-4-2/h23-24H,3-22,25H2,1-2H3. The minimum absolute atomic E-state index is 1.13. The van der Waals surface area contributed by atoms with Gasteiger partial charge in [0, 0.05) is 25.5 Å². The van der Waals surface area contributed by atoms with Crippen LogP contribution in [0.1, 0.15) is 129 Å². The molecule has 1 rings (SSSR count). The molecule has 0 radical (unpaired) electrons. The Hall–Kier alpha value is -0.660. The highest BCUT2D eigenvalue weighted by Gasteiger charge is 2.10. The van der Waals surface area contributed by atoms with Crippen molar-refractivity contribution in [3.63, 3.8) is 0 Å². The van der Waals surface area contributed by atoms with Crippen molar-refractivity contribution in [3.05, 3.63) is 12.4 Å². The molecule has 0 bridgehead atoms. The van der Waals surface area contributed by atoms with E-state index in [4.69, 9.17) is 0 Å². The maximum absolute atomic E-state index is 2.50. The summed E-state index contributed by atoms with van der Waals surface area (Å²) in [6.07, 6.45) is 30.3. The first kappa shape index (κ1) is 24.4. The highest BCUT2D eigenvalue weighted by Crippen LogP contribution is 2.14. The van der Waals surface area contributed by atoms with Crippen molar-refractivity contribution in [1.82, 2.24) is 9.80 Å². The highest BCUT2D eigenvalue weighted by atomic mass is 15.3. The van der Waals surface area contributed by atoms with Gasteiger partial charge in [-0.05, 0) is 12.8 Å². The van der Waals surface area contributed by atoms with E-state index in [-0.39, 0.29) is 0 Å². The molecule has 0 aromatic carbocycles. The Kier molecular flexibility index (Phi) is 16.9. The van der Waals surface area contributed by atoms with Crippen LogP contribution < -0.4 is 0 Å². The van der Waals surface area contributed by atoms with Gasteiger partial charge in [0.05, 0.1) is 6.67 Å². The molecule has 0 aromatic rings. The Morgan fingerprint density at radius 1 is 0.444 bits per heavy atom. The van der Waals surface area contributed by atoms with E-state index in [0.717, 1.165) is 6.67 Å². The number of hydrogen-bond donors (Lipinski definition) is 0. The van der Waals surface area contributed by atoms with Crippen molar-refractivity contribution in [2.45, 2.75) is 129 Å². The van der Waals surface area contributed by atoms with Gasteiger partial charge in [-0.25, -0.2) is 0 Å². The Labute approximate surface area is 171 Å². The van der Waals surface area contributed by atoms with Crippen molar-refractivity contribution >= 4 is 0 Å². The van der Waals surface area contributed by atoms with Gasteiger partial charge in [0.15, 0.2) is 0 Å². The quantitative estimate of drug-likeness (QED) is 0.197. The van der Waals surface area contributed by atoms with E-state index in [1.54, 1.807) is 0 Å². The maximum atomic E-state index is 2.50. The average Bonchev–Trinajstić information content (AvgIpc) is 3.13. The third-order valence-corrected chi connectivity index (χ3v) is 5.95. The zero-order valence-electron chi connectivity index (χ0n) is 18.9. The molecule has 0 amide bonds. The summed E-state index contributed by atoms with van der Waals surface area (Å²) < 4.78 is 0. The zero-order valence-corrected chi connectivity index (χ0v) is 18.9. The fraction of sp³-hybridized carbons (Fsp3) is 0.920. The third-order valence-electron chi connectivity index (χ3n) is 5.95. The fourth-order valence-electron chi connectivity index (χ4n) is 4.06. The molecule has 0 aliphatic carbocycles. The predicted octanol–water partition coefficient (Wildman–Crippen LogP) is 8.09. The van der Waals surface area contributed by atoms with Crippen LogP contribution in [0, 0.1) is 0 Å². The van der Waals surface area contributed by atoms with Crippen LogP contribution in [0.2, 0.25) is 0 Å². The van der Waals surface area contributed by atoms with Crippen molar-refractivity contribution in [2.24, 2.45) is 0 Å². The van der Waals surface area contributed by atoms with E-state index in [9.17, 15) is 0 Å². The first-order valence-corrected chi connectivity index (χ1v) is 12.5. The van der Waals surface area contributed by atoms with E-state index in [1.807, 2.05) is 0 Å². The first-order valence-electron chi connectivity index (χ1n) is 12.5. The third kappa shape index (κ3) is 15.0. The van der Waals surface area contributed by atoms with Crippen LogP contribution in [0.4, 0.5) is 0 Å². The molecule has 0 unspecified atom stereocenters. The molecule has 1 aliphatic rings. The molecule has 160 valence electrons. The fourth-order valence-corrected chi connectivity index (χ4v) is 4.06. The van der Waals surface area contributed by atoms with Crippen LogP contribution in [0.3, 0.4) is 0 Å². The largest absolute Gasteiger partial charge is 0.359 e. The van der Waals surface area contributed by atoms with Crippen molar-refractivity contribution in [3.8, 4) is 0 Å². The van der Waals surface area contributed by atoms with Gasteiger partial charge in [-0.2, -0.15) is 0 Å². The second-order valence-electron chi connectivity index (χ2n) is 8.72. The van der Waals surface area contributed by atoms with Gasteiger partial charge >= 0.3 is 0 Å². The van der Waals surface area contributed by atoms with Crippen LogP contribution in [0.25, 0.3) is 0 Å². The molecule has 1 aliphatic heterocycles. The molecule has 0 aromatic heterocycles. The van der Waals surface area contributed by atoms with E-state index in [2.05, 4.69) is 36.0 Å². The summed E-state index contributed by atoms with van der Waals surface area (Å²) in [7, 11) is 0. The van der Waals surface area contributed by atoms with E-state index in [0.29, 0.717) is 0 Å². The van der Waals surface area contributed by atoms with Gasteiger partial charge in [-0.3, -0.25) is 0 Å². The lowest BCUT2D eigenvalue weighted by Crippen LogP contribution is -2.26. The molecule has 0 spiro atoms. The van der Waals surface area contributed by atoms with Crippen LogP contribution in [0.5, 0.6) is 0 Å². The van der Waals surface area contributed by atoms with Gasteiger partial charge in [-0.1, -0.05) is 117 Å². The zero-order chi connectivity index (χ0) is 19.4. The maximum Gasteiger partial charge on any atom is 0.0893 e. The van der Waals surface area contributed by atoms with E-state index in [1.165, 1.54) is 129 Å². The van der Waals surface area contributed by atoms with Crippen LogP contribution in [-0.2, 0) is 0 Å². The molecule has 0 atom stereocenters. The number of nitrogens with zero attached hydrogens (tertiary/aromatic N) is 2. The van der Waals surface area contributed by atoms with Gasteiger partial charge in [0.2, 0.25) is 0 Å². The second kappa shape index (κ2) is 18.7. The number of unbranched alkanes of at least 4 members (excludes halogenated alkanes) is 16. The monoisotopic (exact) mass is 378 g/mol. The van der Waals surface area contributed by atoms with Crippen molar-refractivity contribution < 1.29 is 0 Å². The van der Waals surface area contributed by atoms with Gasteiger partial charge in [-0.15, -0.1) is 0 Å². The average molecular weight is 379 g/mol. The first-order chi connectivity index (χ1) is 13.4. The van der Waals surface area contributed by atoms with Gasteiger partial charge in [0.1, 0.15) is 0 Å². The molecule has 2 nitrogen and oxygen atoms in total. The number of hydrogen-bond acceptors (Lipinski definition) is 2. The van der Waals surface area contributed by atoms with E-state index >= 15 is 0 Å². The van der Waals surface area contributed by atoms with Crippen molar-refractivity contribution in [2.75, 3.05) is 19.8 Å². The van der Waals surface area contributed by atoms with Crippen LogP contribution >= 0.6 is 0 Å². The summed E-state index contributed by atoms with van der Waals surface area (Å²) >= 11 is 0. The molecule has 2 heteroatoms. The lowest BCUT2D eigenvalue weighted by atomic mass is 10.0. The minimum Gasteiger partial charge on any atom is -0.359 e. The summed E-state index contributed by atoms with van der Waals surface area (Å²) in [5.74, 6) is 0. The minimum atomic E-state index is 1.13. The SMILES string of the molecule is CCCCCCCCCCCCCCCN1C=CN(CCCCCCC)C1. The molecule has 0 fully saturated rings. The van der Waals surface area contributed by atoms with E-state index < -0.39 is 0 Å². The molecular weight excluding hydrogens is 328 g/mol. The molecule has 0 saturated carbocycles. The Morgan fingerprint density at radius 3 is 1.07 bits per heavy atom. The molecule has 27 heavy (non-hydrogen) atoms. The predicted molar refractivity (Wildman–Crippen MR) is 122 cm³/mol. The van der Waals surface area contributed by atoms with Crippen LogP contribution in [-0.4, -0.2) is 29.6 Å². The number of rotatable bonds is 20. The summed E-state index contributed by atoms with van der Waals surface area (Å²) in [5, 5.41) is 0. The Morgan fingerprint density at radius 2 is 0.741 bits per heavy atom. The second-order valence-corrected chi connectivity index (χ2v) is 8.72. The highest BCUT2D eigenvalue weighted by molar-refractivity contribution is 4.90. The Balaban J connectivity index is 1.78. The molecule has 0 N–H and O–H groups in total. The molecular formula is C25H50N2.